The van der Waals surface area contributed by atoms with Gasteiger partial charge in [-0.3, -0.25) is 0 Å². The van der Waals surface area contributed by atoms with Crippen LogP contribution in [0.25, 0.3) is 0 Å². The molecule has 7 nitrogen and oxygen atoms in total. The molecule has 0 aromatic rings. The van der Waals surface area contributed by atoms with Gasteiger partial charge in [0.2, 0.25) is 0 Å². The monoisotopic (exact) mass is 389 g/mol. The molecule has 3 rings (SSSR count). The van der Waals surface area contributed by atoms with Crippen molar-refractivity contribution in [3.63, 3.8) is 0 Å². The third-order valence-corrected chi connectivity index (χ3v) is 8.01. The summed E-state index contributed by atoms with van der Waals surface area (Å²) < 4.78 is 36.2. The average Bonchev–Trinajstić information content (AvgIpc) is 3.43. The predicted molar refractivity (Wildman–Crippen MR) is 99.0 cm³/mol. The summed E-state index contributed by atoms with van der Waals surface area (Å²) in [6, 6.07) is 0.732. The lowest BCUT2D eigenvalue weighted by atomic mass is 10.2. The molecule has 3 fully saturated rings. The maximum atomic E-state index is 6.34. The van der Waals surface area contributed by atoms with Gasteiger partial charge in [-0.1, -0.05) is 0 Å². The normalized spacial score (nSPS) is 31.5. The first kappa shape index (κ1) is 20.7. The summed E-state index contributed by atoms with van der Waals surface area (Å²) in [4.78, 5) is 0. The zero-order valence-electron chi connectivity index (χ0n) is 15.9. The number of hydrogen-bond donors (Lipinski definition) is 1. The van der Waals surface area contributed by atoms with E-state index in [-0.39, 0.29) is 18.3 Å². The maximum Gasteiger partial charge on any atom is 0.501 e. The molecule has 3 saturated heterocycles. The summed E-state index contributed by atoms with van der Waals surface area (Å²) in [6.45, 7) is 4.66. The van der Waals surface area contributed by atoms with Crippen molar-refractivity contribution in [2.45, 2.75) is 69.3 Å². The summed E-state index contributed by atoms with van der Waals surface area (Å²) in [7, 11) is -2.84. The Labute approximate surface area is 158 Å². The number of nitrogens with two attached hydrogens (primary N) is 1. The van der Waals surface area contributed by atoms with Gasteiger partial charge in [-0.05, 0) is 51.5 Å². The van der Waals surface area contributed by atoms with Crippen LogP contribution in [0.15, 0.2) is 0 Å². The second-order valence-electron chi connectivity index (χ2n) is 7.41. The van der Waals surface area contributed by atoms with Gasteiger partial charge < -0.3 is 33.2 Å². The second-order valence-corrected chi connectivity index (χ2v) is 10.1. The van der Waals surface area contributed by atoms with Crippen molar-refractivity contribution >= 4 is 8.80 Å². The summed E-state index contributed by atoms with van der Waals surface area (Å²) >= 11 is 0. The van der Waals surface area contributed by atoms with E-state index < -0.39 is 8.80 Å². The maximum absolute atomic E-state index is 6.34. The van der Waals surface area contributed by atoms with Crippen molar-refractivity contribution in [1.29, 1.82) is 0 Å². The van der Waals surface area contributed by atoms with E-state index in [0.29, 0.717) is 26.4 Å². The van der Waals surface area contributed by atoms with Crippen LogP contribution in [-0.2, 0) is 27.5 Å². The molecule has 152 valence electrons. The van der Waals surface area contributed by atoms with Crippen LogP contribution in [0.4, 0.5) is 0 Å². The van der Waals surface area contributed by atoms with Crippen LogP contribution in [0.3, 0.4) is 0 Å². The van der Waals surface area contributed by atoms with Gasteiger partial charge in [0.1, 0.15) is 0 Å². The van der Waals surface area contributed by atoms with Crippen molar-refractivity contribution < 1.29 is 27.5 Å². The minimum Gasteiger partial charge on any atom is -0.376 e. The first-order chi connectivity index (χ1) is 12.8. The van der Waals surface area contributed by atoms with Crippen LogP contribution in [0.5, 0.6) is 0 Å². The lowest BCUT2D eigenvalue weighted by Crippen LogP contribution is -2.50. The molecule has 3 unspecified atom stereocenters. The van der Waals surface area contributed by atoms with Crippen molar-refractivity contribution in [1.82, 2.24) is 0 Å². The fraction of sp³-hybridized carbons (Fsp3) is 1.00. The van der Waals surface area contributed by atoms with Crippen LogP contribution in [0, 0.1) is 0 Å². The van der Waals surface area contributed by atoms with Gasteiger partial charge in [-0.2, -0.15) is 0 Å². The van der Waals surface area contributed by atoms with E-state index in [1.54, 1.807) is 0 Å². The highest BCUT2D eigenvalue weighted by molar-refractivity contribution is 6.60. The summed E-state index contributed by atoms with van der Waals surface area (Å²) in [5.74, 6) is 0. The molecular weight excluding hydrogens is 354 g/mol. The molecule has 26 heavy (non-hydrogen) atoms. The average molecular weight is 390 g/mol. The molecule has 0 amide bonds. The lowest BCUT2D eigenvalue weighted by molar-refractivity contribution is -0.0275. The SMILES string of the molecule is NCCC[Si](OCC1CCCO1)(OCC1CCCO1)OCC1CCCO1. The fourth-order valence-electron chi connectivity index (χ4n) is 3.65. The molecule has 3 aliphatic rings. The third kappa shape index (κ3) is 6.52. The van der Waals surface area contributed by atoms with Gasteiger partial charge in [0.15, 0.2) is 0 Å². The van der Waals surface area contributed by atoms with Gasteiger partial charge in [0.05, 0.1) is 38.1 Å². The number of ether oxygens (including phenoxy) is 3. The molecule has 0 bridgehead atoms. The zero-order valence-corrected chi connectivity index (χ0v) is 16.9. The van der Waals surface area contributed by atoms with E-state index in [2.05, 4.69) is 0 Å². The molecule has 3 aliphatic heterocycles. The molecule has 3 atom stereocenters. The highest BCUT2D eigenvalue weighted by Crippen LogP contribution is 2.25. The Morgan fingerprint density at radius 2 is 1.15 bits per heavy atom. The lowest BCUT2D eigenvalue weighted by Gasteiger charge is -2.32. The van der Waals surface area contributed by atoms with Crippen molar-refractivity contribution in [3.05, 3.63) is 0 Å². The van der Waals surface area contributed by atoms with Gasteiger partial charge in [0, 0.05) is 25.9 Å². The molecule has 0 radical (unpaired) electrons. The largest absolute Gasteiger partial charge is 0.501 e. The summed E-state index contributed by atoms with van der Waals surface area (Å²) in [5, 5.41) is 0. The van der Waals surface area contributed by atoms with Gasteiger partial charge in [-0.15, -0.1) is 0 Å². The minimum atomic E-state index is -2.84. The number of hydrogen-bond acceptors (Lipinski definition) is 7. The Kier molecular flexibility index (Phi) is 8.79. The Balaban J connectivity index is 1.58. The number of rotatable bonds is 12. The highest BCUT2D eigenvalue weighted by Gasteiger charge is 2.43. The van der Waals surface area contributed by atoms with E-state index in [0.717, 1.165) is 70.8 Å². The van der Waals surface area contributed by atoms with Crippen molar-refractivity contribution in [2.75, 3.05) is 46.2 Å². The smallest absolute Gasteiger partial charge is 0.376 e. The Morgan fingerprint density at radius 1 is 0.731 bits per heavy atom. The van der Waals surface area contributed by atoms with E-state index >= 15 is 0 Å². The Morgan fingerprint density at radius 3 is 1.46 bits per heavy atom. The molecular formula is C18H35NO6Si. The summed E-state index contributed by atoms with van der Waals surface area (Å²) in [6.07, 6.45) is 7.69. The van der Waals surface area contributed by atoms with Crippen molar-refractivity contribution in [3.8, 4) is 0 Å². The first-order valence-electron chi connectivity index (χ1n) is 10.3. The van der Waals surface area contributed by atoms with E-state index in [1.807, 2.05) is 0 Å². The first-order valence-corrected chi connectivity index (χ1v) is 12.2. The molecule has 0 aromatic heterocycles. The Bertz CT molecular complexity index is 334. The van der Waals surface area contributed by atoms with Crippen LogP contribution in [-0.4, -0.2) is 73.3 Å². The van der Waals surface area contributed by atoms with Crippen LogP contribution in [0.1, 0.15) is 44.9 Å². The minimum absolute atomic E-state index is 0.150. The van der Waals surface area contributed by atoms with Crippen LogP contribution >= 0.6 is 0 Å². The third-order valence-electron chi connectivity index (χ3n) is 5.23. The highest BCUT2D eigenvalue weighted by atomic mass is 28.4. The molecule has 3 heterocycles. The van der Waals surface area contributed by atoms with Gasteiger partial charge in [0.25, 0.3) is 0 Å². The molecule has 0 saturated carbocycles. The van der Waals surface area contributed by atoms with Crippen LogP contribution < -0.4 is 5.73 Å². The van der Waals surface area contributed by atoms with E-state index in [1.165, 1.54) is 0 Å². The Hall–Kier alpha value is -0.0631. The molecule has 0 aliphatic carbocycles. The van der Waals surface area contributed by atoms with Crippen LogP contribution in [0.2, 0.25) is 6.04 Å². The van der Waals surface area contributed by atoms with Gasteiger partial charge >= 0.3 is 8.80 Å². The topological polar surface area (TPSA) is 81.4 Å². The van der Waals surface area contributed by atoms with Crippen molar-refractivity contribution in [2.24, 2.45) is 5.73 Å². The molecule has 8 heteroatoms. The molecule has 0 aromatic carbocycles. The summed E-state index contributed by atoms with van der Waals surface area (Å²) in [5.41, 5.74) is 5.77. The van der Waals surface area contributed by atoms with E-state index in [9.17, 15) is 0 Å². The fourth-order valence-corrected chi connectivity index (χ4v) is 6.29. The second kappa shape index (κ2) is 11.1. The molecule has 0 spiro atoms. The van der Waals surface area contributed by atoms with E-state index in [4.69, 9.17) is 33.2 Å². The quantitative estimate of drug-likeness (QED) is 0.510. The molecule has 2 N–H and O–H groups in total. The predicted octanol–water partition coefficient (Wildman–Crippen LogP) is 1.86. The van der Waals surface area contributed by atoms with Gasteiger partial charge in [-0.25, -0.2) is 0 Å². The zero-order chi connectivity index (χ0) is 18.1. The standard InChI is InChI=1S/C18H35NO6Si/c19-8-4-12-26(23-13-16-5-1-9-20-16,24-14-17-6-2-10-21-17)25-15-18-7-3-11-22-18/h16-18H,1-15,19H2.